The van der Waals surface area contributed by atoms with E-state index >= 15 is 0 Å². The lowest BCUT2D eigenvalue weighted by molar-refractivity contribution is -0.138. The smallest absolute Gasteiger partial charge is 0.318 e. The van der Waals surface area contributed by atoms with Crippen molar-refractivity contribution in [2.24, 2.45) is 0 Å². The molecule has 2 fully saturated rings. The fourth-order valence-electron chi connectivity index (χ4n) is 2.39. The Balaban J connectivity index is 1.96. The molecule has 2 heterocycles. The van der Waals surface area contributed by atoms with Crippen molar-refractivity contribution in [3.8, 4) is 0 Å². The molecule has 2 aliphatic heterocycles. The van der Waals surface area contributed by atoms with Crippen LogP contribution in [-0.4, -0.2) is 64.9 Å². The van der Waals surface area contributed by atoms with Gasteiger partial charge >= 0.3 is 12.0 Å². The average molecular weight is 288 g/mol. The molecule has 2 atom stereocenters. The predicted molar refractivity (Wildman–Crippen MR) is 72.4 cm³/mol. The Labute approximate surface area is 116 Å². The van der Waals surface area contributed by atoms with Crippen molar-refractivity contribution in [3.63, 3.8) is 0 Å². The molecule has 2 unspecified atom stereocenters. The highest BCUT2D eigenvalue weighted by atomic mass is 32.2. The first-order valence-corrected chi connectivity index (χ1v) is 7.62. The molecule has 0 aromatic heterocycles. The van der Waals surface area contributed by atoms with E-state index in [1.54, 1.807) is 16.7 Å². The third-order valence-electron chi connectivity index (χ3n) is 3.53. The molecule has 2 N–H and O–H groups in total. The van der Waals surface area contributed by atoms with E-state index < -0.39 is 5.97 Å². The quantitative estimate of drug-likeness (QED) is 0.802. The Hall–Kier alpha value is -0.950. The number of carbonyl (C=O) groups is 2. The van der Waals surface area contributed by atoms with Crippen LogP contribution in [0, 0.1) is 0 Å². The number of nitrogens with one attached hydrogen (secondary N) is 1. The van der Waals surface area contributed by atoms with Gasteiger partial charge < -0.3 is 20.1 Å². The lowest BCUT2D eigenvalue weighted by Gasteiger charge is -2.37. The monoisotopic (exact) mass is 288 g/mol. The molecule has 0 saturated carbocycles. The molecule has 6 nitrogen and oxygen atoms in total. The van der Waals surface area contributed by atoms with E-state index in [1.165, 1.54) is 0 Å². The zero-order valence-electron chi connectivity index (χ0n) is 11.1. The van der Waals surface area contributed by atoms with Gasteiger partial charge in [0.25, 0.3) is 0 Å². The summed E-state index contributed by atoms with van der Waals surface area (Å²) in [7, 11) is 0. The first-order valence-electron chi connectivity index (χ1n) is 6.46. The second-order valence-electron chi connectivity index (χ2n) is 5.31. The van der Waals surface area contributed by atoms with E-state index in [1.807, 2.05) is 6.92 Å². The number of hydrogen-bond acceptors (Lipinski definition) is 4. The average Bonchev–Trinajstić information content (AvgIpc) is 2.75. The van der Waals surface area contributed by atoms with Crippen molar-refractivity contribution >= 4 is 23.8 Å². The summed E-state index contributed by atoms with van der Waals surface area (Å²) >= 11 is 1.70. The lowest BCUT2D eigenvalue weighted by atomic mass is 10.0. The molecule has 108 valence electrons. The number of ether oxygens (including phenoxy) is 1. The summed E-state index contributed by atoms with van der Waals surface area (Å²) in [5.41, 5.74) is -0.324. The molecule has 7 heteroatoms. The number of urea groups is 1. The predicted octanol–water partition coefficient (Wildman–Crippen LogP) is 0.767. The molecule has 0 aromatic carbocycles. The minimum atomic E-state index is -0.860. The summed E-state index contributed by atoms with van der Waals surface area (Å²) in [6, 6.07) is -0.387. The minimum absolute atomic E-state index is 0.00757. The highest BCUT2D eigenvalue weighted by molar-refractivity contribution is 7.99. The highest BCUT2D eigenvalue weighted by Gasteiger charge is 2.35. The van der Waals surface area contributed by atoms with E-state index in [9.17, 15) is 9.59 Å². The molecular formula is C12H20N2O4S. The molecule has 0 radical (unpaired) electrons. The summed E-state index contributed by atoms with van der Waals surface area (Å²) in [5, 5.41) is 11.9. The molecule has 0 aromatic rings. The third kappa shape index (κ3) is 3.76. The minimum Gasteiger partial charge on any atom is -0.481 e. The molecule has 0 spiro atoms. The van der Waals surface area contributed by atoms with Crippen molar-refractivity contribution in [3.05, 3.63) is 0 Å². The number of thioether (sulfide) groups is 1. The van der Waals surface area contributed by atoms with Crippen LogP contribution in [0.4, 0.5) is 4.79 Å². The number of aliphatic carboxylic acids is 1. The number of rotatable bonds is 3. The Bertz CT molecular complexity index is 358. The number of nitrogens with zero attached hydrogens (tertiary/aromatic N) is 1. The van der Waals surface area contributed by atoms with Gasteiger partial charge in [0.1, 0.15) is 0 Å². The number of carbonyl (C=O) groups excluding carboxylic acids is 1. The van der Waals surface area contributed by atoms with E-state index in [-0.39, 0.29) is 24.0 Å². The van der Waals surface area contributed by atoms with Crippen LogP contribution >= 0.6 is 11.8 Å². The van der Waals surface area contributed by atoms with Gasteiger partial charge in [-0.05, 0) is 13.3 Å². The maximum atomic E-state index is 12.3. The molecule has 2 amide bonds. The molecule has 0 aliphatic carbocycles. The van der Waals surface area contributed by atoms with Crippen molar-refractivity contribution in [2.45, 2.75) is 31.3 Å². The van der Waals surface area contributed by atoms with Crippen molar-refractivity contribution < 1.29 is 19.4 Å². The molecule has 2 aliphatic rings. The van der Waals surface area contributed by atoms with E-state index in [0.717, 1.165) is 12.2 Å². The molecular weight excluding hydrogens is 268 g/mol. The summed E-state index contributed by atoms with van der Waals surface area (Å²) in [6.07, 6.45) is 0.804. The largest absolute Gasteiger partial charge is 0.481 e. The fraction of sp³-hybridized carbons (Fsp3) is 0.833. The summed E-state index contributed by atoms with van der Waals surface area (Å²) in [6.45, 7) is 3.74. The van der Waals surface area contributed by atoms with Gasteiger partial charge in [0.2, 0.25) is 0 Å². The zero-order chi connectivity index (χ0) is 13.9. The van der Waals surface area contributed by atoms with Crippen LogP contribution < -0.4 is 5.32 Å². The standard InChI is InChI=1S/C12H20N2O4S/c1-12(2-4-18-8-12)13-11(17)14-3-5-19-7-9(14)6-10(15)16/h9H,2-8H2,1H3,(H,13,17)(H,15,16). The van der Waals surface area contributed by atoms with Crippen molar-refractivity contribution in [1.82, 2.24) is 10.2 Å². The van der Waals surface area contributed by atoms with Gasteiger partial charge in [-0.15, -0.1) is 0 Å². The topological polar surface area (TPSA) is 78.9 Å². The maximum absolute atomic E-state index is 12.3. The molecule has 0 bridgehead atoms. The number of carboxylic acid groups (broad SMARTS) is 1. The van der Waals surface area contributed by atoms with Crippen molar-refractivity contribution in [1.29, 1.82) is 0 Å². The van der Waals surface area contributed by atoms with Crippen molar-refractivity contribution in [2.75, 3.05) is 31.3 Å². The van der Waals surface area contributed by atoms with Crippen LogP contribution in [0.25, 0.3) is 0 Å². The molecule has 19 heavy (non-hydrogen) atoms. The van der Waals surface area contributed by atoms with Crippen LogP contribution in [0.3, 0.4) is 0 Å². The first kappa shape index (κ1) is 14.5. The summed E-state index contributed by atoms with van der Waals surface area (Å²) in [4.78, 5) is 24.8. The van der Waals surface area contributed by atoms with Gasteiger partial charge in [-0.1, -0.05) is 0 Å². The number of hydrogen-bond donors (Lipinski definition) is 2. The lowest BCUT2D eigenvalue weighted by Crippen LogP contribution is -2.57. The molecule has 2 rings (SSSR count). The van der Waals surface area contributed by atoms with E-state index in [2.05, 4.69) is 5.32 Å². The number of amides is 2. The van der Waals surface area contributed by atoms with Gasteiger partial charge in [-0.3, -0.25) is 4.79 Å². The van der Waals surface area contributed by atoms with Gasteiger partial charge in [-0.2, -0.15) is 11.8 Å². The van der Waals surface area contributed by atoms with Gasteiger partial charge in [0.15, 0.2) is 0 Å². The molecule has 2 saturated heterocycles. The van der Waals surface area contributed by atoms with E-state index in [4.69, 9.17) is 9.84 Å². The normalized spacial score (nSPS) is 31.2. The van der Waals surface area contributed by atoms with Crippen LogP contribution in [0.5, 0.6) is 0 Å². The Morgan fingerprint density at radius 2 is 2.37 bits per heavy atom. The fourth-order valence-corrected chi connectivity index (χ4v) is 3.45. The SMILES string of the molecule is CC1(NC(=O)N2CCSCC2CC(=O)O)CCOC1. The summed E-state index contributed by atoms with van der Waals surface area (Å²) < 4.78 is 5.31. The Kier molecular flexibility index (Phi) is 4.57. The zero-order valence-corrected chi connectivity index (χ0v) is 11.9. The maximum Gasteiger partial charge on any atom is 0.318 e. The highest BCUT2D eigenvalue weighted by Crippen LogP contribution is 2.22. The van der Waals surface area contributed by atoms with Gasteiger partial charge in [-0.25, -0.2) is 4.79 Å². The second kappa shape index (κ2) is 6.00. The van der Waals surface area contributed by atoms with Gasteiger partial charge in [0, 0.05) is 24.7 Å². The van der Waals surface area contributed by atoms with Gasteiger partial charge in [0.05, 0.1) is 24.6 Å². The summed E-state index contributed by atoms with van der Waals surface area (Å²) in [5.74, 6) is 0.685. The number of carboxylic acids is 1. The van der Waals surface area contributed by atoms with Crippen LogP contribution in [-0.2, 0) is 9.53 Å². The Morgan fingerprint density at radius 3 is 3.00 bits per heavy atom. The van der Waals surface area contributed by atoms with Crippen LogP contribution in [0.2, 0.25) is 0 Å². The van der Waals surface area contributed by atoms with E-state index in [0.29, 0.717) is 25.5 Å². The van der Waals surface area contributed by atoms with Crippen LogP contribution in [0.15, 0.2) is 0 Å². The first-order chi connectivity index (χ1) is 9.00. The third-order valence-corrected chi connectivity index (χ3v) is 4.62. The van der Waals surface area contributed by atoms with Crippen LogP contribution in [0.1, 0.15) is 19.8 Å². The second-order valence-corrected chi connectivity index (χ2v) is 6.46. The Morgan fingerprint density at radius 1 is 1.58 bits per heavy atom.